The molecule has 0 amide bonds. The minimum atomic E-state index is -4.54. The molecule has 0 saturated heterocycles. The summed E-state index contributed by atoms with van der Waals surface area (Å²) in [6.07, 6.45) is -4.54. The lowest BCUT2D eigenvalue weighted by Crippen LogP contribution is -2.42. The molecule has 2 aromatic rings. The first kappa shape index (κ1) is 15.3. The van der Waals surface area contributed by atoms with Gasteiger partial charge in [0.25, 0.3) is 5.56 Å². The van der Waals surface area contributed by atoms with Gasteiger partial charge >= 0.3 is 11.9 Å². The van der Waals surface area contributed by atoms with Crippen LogP contribution in [0.4, 0.5) is 13.2 Å². The second-order valence-electron chi connectivity index (χ2n) is 4.96. The molecule has 1 aromatic heterocycles. The van der Waals surface area contributed by atoms with Crippen LogP contribution in [0, 0.1) is 0 Å². The van der Waals surface area contributed by atoms with E-state index in [1.165, 1.54) is 7.05 Å². The predicted octanol–water partition coefficient (Wildman–Crippen LogP) is 1.07. The third-order valence-corrected chi connectivity index (χ3v) is 3.15. The Morgan fingerprint density at radius 1 is 1.29 bits per heavy atom. The number of halogens is 3. The molecule has 2 N–H and O–H groups in total. The van der Waals surface area contributed by atoms with Crippen LogP contribution in [0.15, 0.2) is 27.8 Å². The van der Waals surface area contributed by atoms with Gasteiger partial charge in [-0.05, 0) is 25.1 Å². The van der Waals surface area contributed by atoms with Gasteiger partial charge in [-0.2, -0.15) is 13.2 Å². The molecule has 0 aliphatic heterocycles. The van der Waals surface area contributed by atoms with Gasteiger partial charge in [-0.1, -0.05) is 0 Å². The molecule has 1 atom stereocenters. The van der Waals surface area contributed by atoms with E-state index < -0.39 is 29.0 Å². The number of rotatable bonds is 2. The number of aryl methyl sites for hydroxylation is 1. The summed E-state index contributed by atoms with van der Waals surface area (Å²) in [5, 5.41) is 0.0470. The lowest BCUT2D eigenvalue weighted by molar-refractivity contribution is -0.137. The Morgan fingerprint density at radius 2 is 1.90 bits per heavy atom. The lowest BCUT2D eigenvalue weighted by Gasteiger charge is -2.14. The Hall–Kier alpha value is -2.09. The highest BCUT2D eigenvalue weighted by Gasteiger charge is 2.31. The molecule has 0 spiro atoms. The number of alkyl halides is 3. The van der Waals surface area contributed by atoms with Crippen molar-refractivity contribution in [1.82, 2.24) is 9.13 Å². The summed E-state index contributed by atoms with van der Waals surface area (Å²) in [7, 11) is 1.32. The Bertz CT molecular complexity index is 803. The van der Waals surface area contributed by atoms with Crippen molar-refractivity contribution >= 4 is 10.9 Å². The first-order chi connectivity index (χ1) is 9.62. The molecule has 1 aromatic carbocycles. The van der Waals surface area contributed by atoms with Gasteiger partial charge < -0.3 is 5.73 Å². The molecular weight excluding hydrogens is 287 g/mol. The zero-order valence-electron chi connectivity index (χ0n) is 11.4. The van der Waals surface area contributed by atoms with Crippen LogP contribution in [0.2, 0.25) is 0 Å². The van der Waals surface area contributed by atoms with Gasteiger partial charge in [-0.25, -0.2) is 4.79 Å². The van der Waals surface area contributed by atoms with Crippen LogP contribution in [0.25, 0.3) is 10.9 Å². The number of nitrogens with zero attached hydrogens (tertiary/aromatic N) is 2. The molecule has 5 nitrogen and oxygen atoms in total. The van der Waals surface area contributed by atoms with Crippen molar-refractivity contribution in [3.63, 3.8) is 0 Å². The van der Waals surface area contributed by atoms with E-state index in [9.17, 15) is 22.8 Å². The highest BCUT2D eigenvalue weighted by atomic mass is 19.4. The van der Waals surface area contributed by atoms with Crippen molar-refractivity contribution in [3.05, 3.63) is 44.6 Å². The molecule has 21 heavy (non-hydrogen) atoms. The minimum absolute atomic E-state index is 0.00245. The zero-order valence-corrected chi connectivity index (χ0v) is 11.4. The van der Waals surface area contributed by atoms with Crippen molar-refractivity contribution in [2.24, 2.45) is 12.8 Å². The Morgan fingerprint density at radius 3 is 2.43 bits per heavy atom. The maximum absolute atomic E-state index is 12.7. The molecule has 0 aliphatic carbocycles. The van der Waals surface area contributed by atoms with E-state index in [4.69, 9.17) is 5.73 Å². The van der Waals surface area contributed by atoms with Crippen molar-refractivity contribution in [2.45, 2.75) is 25.7 Å². The average molecular weight is 301 g/mol. The van der Waals surface area contributed by atoms with E-state index in [0.717, 1.165) is 27.3 Å². The van der Waals surface area contributed by atoms with Crippen LogP contribution >= 0.6 is 0 Å². The van der Waals surface area contributed by atoms with Crippen molar-refractivity contribution in [1.29, 1.82) is 0 Å². The number of hydrogen-bond acceptors (Lipinski definition) is 3. The number of aromatic nitrogens is 2. The second-order valence-corrected chi connectivity index (χ2v) is 4.96. The second kappa shape index (κ2) is 5.03. The molecule has 0 aliphatic rings. The van der Waals surface area contributed by atoms with E-state index in [1.807, 2.05) is 0 Å². The largest absolute Gasteiger partial charge is 0.416 e. The summed E-state index contributed by atoms with van der Waals surface area (Å²) in [5.74, 6) is 0. The van der Waals surface area contributed by atoms with Gasteiger partial charge in [-0.3, -0.25) is 13.9 Å². The topological polar surface area (TPSA) is 70.0 Å². The van der Waals surface area contributed by atoms with Gasteiger partial charge in [-0.15, -0.1) is 0 Å². The number of hydrogen-bond donors (Lipinski definition) is 1. The number of fused-ring (bicyclic) bond motifs is 1. The van der Waals surface area contributed by atoms with Crippen LogP contribution in [0.1, 0.15) is 12.5 Å². The van der Waals surface area contributed by atoms with E-state index in [1.54, 1.807) is 6.92 Å². The van der Waals surface area contributed by atoms with Crippen LogP contribution in [-0.2, 0) is 19.8 Å². The molecular formula is C13H14F3N3O2. The van der Waals surface area contributed by atoms with E-state index in [2.05, 4.69) is 0 Å². The van der Waals surface area contributed by atoms with Crippen LogP contribution in [-0.4, -0.2) is 15.2 Å². The van der Waals surface area contributed by atoms with Crippen molar-refractivity contribution in [2.75, 3.05) is 0 Å². The zero-order chi connectivity index (χ0) is 15.9. The lowest BCUT2D eigenvalue weighted by atomic mass is 10.1. The van der Waals surface area contributed by atoms with Gasteiger partial charge in [0, 0.05) is 19.6 Å². The predicted molar refractivity (Wildman–Crippen MR) is 72.1 cm³/mol. The van der Waals surface area contributed by atoms with Gasteiger partial charge in [0.2, 0.25) is 0 Å². The fourth-order valence-corrected chi connectivity index (χ4v) is 2.13. The molecule has 1 unspecified atom stereocenters. The Labute approximate surface area is 117 Å². The van der Waals surface area contributed by atoms with Crippen molar-refractivity contribution in [3.8, 4) is 0 Å². The average Bonchev–Trinajstić information content (AvgIpc) is 2.39. The van der Waals surface area contributed by atoms with Crippen LogP contribution in [0.3, 0.4) is 0 Å². The molecule has 0 saturated carbocycles. The molecule has 1 heterocycles. The molecule has 2 rings (SSSR count). The monoisotopic (exact) mass is 301 g/mol. The summed E-state index contributed by atoms with van der Waals surface area (Å²) in [5.41, 5.74) is 3.29. The van der Waals surface area contributed by atoms with Crippen molar-refractivity contribution < 1.29 is 13.2 Å². The molecule has 114 valence electrons. The maximum Gasteiger partial charge on any atom is 0.416 e. The smallest absolute Gasteiger partial charge is 0.326 e. The molecule has 8 heteroatoms. The third kappa shape index (κ3) is 2.71. The quantitative estimate of drug-likeness (QED) is 0.902. The minimum Gasteiger partial charge on any atom is -0.326 e. The fourth-order valence-electron chi connectivity index (χ4n) is 2.13. The summed E-state index contributed by atoms with van der Waals surface area (Å²) < 4.78 is 40.1. The molecule has 0 bridgehead atoms. The Balaban J connectivity index is 2.83. The number of nitrogens with two attached hydrogens (primary N) is 1. The first-order valence-electron chi connectivity index (χ1n) is 6.19. The summed E-state index contributed by atoms with van der Waals surface area (Å²) in [4.78, 5) is 24.3. The van der Waals surface area contributed by atoms with E-state index in [-0.39, 0.29) is 17.4 Å². The standard InChI is InChI=1S/C13H14F3N3O2/c1-7(17)6-19-11(20)9-4-3-8(13(14,15)16)5-10(9)18(2)12(19)21/h3-5,7H,6,17H2,1-2H3. The molecule has 0 fully saturated rings. The third-order valence-electron chi connectivity index (χ3n) is 3.15. The first-order valence-corrected chi connectivity index (χ1v) is 6.19. The van der Waals surface area contributed by atoms with E-state index >= 15 is 0 Å². The number of benzene rings is 1. The normalized spacial score (nSPS) is 13.6. The van der Waals surface area contributed by atoms with Gasteiger partial charge in [0.05, 0.1) is 16.5 Å². The van der Waals surface area contributed by atoms with Crippen LogP contribution in [0.5, 0.6) is 0 Å². The SMILES string of the molecule is CC(N)Cn1c(=O)c2ccc(C(F)(F)F)cc2n(C)c1=O. The summed E-state index contributed by atoms with van der Waals surface area (Å²) in [6, 6.07) is 2.28. The van der Waals surface area contributed by atoms with Gasteiger partial charge in [0.15, 0.2) is 0 Å². The summed E-state index contributed by atoms with van der Waals surface area (Å²) >= 11 is 0. The van der Waals surface area contributed by atoms with Crippen LogP contribution < -0.4 is 17.0 Å². The highest BCUT2D eigenvalue weighted by molar-refractivity contribution is 5.78. The maximum atomic E-state index is 12.7. The van der Waals surface area contributed by atoms with E-state index in [0.29, 0.717) is 0 Å². The summed E-state index contributed by atoms with van der Waals surface area (Å²) in [6.45, 7) is 1.63. The highest BCUT2D eigenvalue weighted by Crippen LogP contribution is 2.30. The van der Waals surface area contributed by atoms with Gasteiger partial charge in [0.1, 0.15) is 0 Å². The molecule has 0 radical (unpaired) electrons. The fraction of sp³-hybridized carbons (Fsp3) is 0.385. The Kier molecular flexibility index (Phi) is 3.66.